The number of nitrogens with two attached hydrogens (primary N) is 1. The zero-order chi connectivity index (χ0) is 14.8. The molecule has 0 aromatic heterocycles. The van der Waals surface area contributed by atoms with Crippen LogP contribution in [-0.2, 0) is 13.0 Å². The molecule has 0 aliphatic carbocycles. The molecule has 4 nitrogen and oxygen atoms in total. The highest BCUT2D eigenvalue weighted by Gasteiger charge is 2.15. The van der Waals surface area contributed by atoms with Crippen molar-refractivity contribution in [2.45, 2.75) is 13.0 Å². The number of hydrogen-bond acceptors (Lipinski definition) is 3. The van der Waals surface area contributed by atoms with Gasteiger partial charge in [0.1, 0.15) is 0 Å². The average molecular weight is 302 g/mol. The molecular weight excluding hydrogens is 286 g/mol. The fraction of sp³-hybridized carbons (Fsp3) is 0.188. The zero-order valence-electron chi connectivity index (χ0n) is 11.4. The Morgan fingerprint density at radius 2 is 2.10 bits per heavy atom. The molecule has 0 unspecified atom stereocenters. The Morgan fingerprint density at radius 3 is 2.90 bits per heavy atom. The highest BCUT2D eigenvalue weighted by atomic mass is 35.5. The van der Waals surface area contributed by atoms with Gasteiger partial charge >= 0.3 is 0 Å². The van der Waals surface area contributed by atoms with Crippen molar-refractivity contribution in [2.24, 2.45) is 5.73 Å². The summed E-state index contributed by atoms with van der Waals surface area (Å²) in [6, 6.07) is 11.3. The van der Waals surface area contributed by atoms with Crippen LogP contribution in [0.3, 0.4) is 0 Å². The molecule has 1 amide bonds. The molecule has 0 atom stereocenters. The second kappa shape index (κ2) is 5.76. The Kier molecular flexibility index (Phi) is 3.82. The molecule has 2 aromatic carbocycles. The first-order valence-corrected chi connectivity index (χ1v) is 7.21. The maximum absolute atomic E-state index is 11.6. The third-order valence-corrected chi connectivity index (χ3v) is 3.89. The van der Waals surface area contributed by atoms with Crippen LogP contribution in [0.1, 0.15) is 21.5 Å². The van der Waals surface area contributed by atoms with Crippen molar-refractivity contribution in [2.75, 3.05) is 11.9 Å². The molecule has 0 fully saturated rings. The van der Waals surface area contributed by atoms with Crippen LogP contribution >= 0.6 is 11.6 Å². The first-order chi connectivity index (χ1) is 10.1. The van der Waals surface area contributed by atoms with Gasteiger partial charge in [-0.1, -0.05) is 23.7 Å². The Bertz CT molecular complexity index is 700. The van der Waals surface area contributed by atoms with E-state index in [0.29, 0.717) is 16.3 Å². The van der Waals surface area contributed by atoms with Crippen molar-refractivity contribution in [3.63, 3.8) is 0 Å². The first kappa shape index (κ1) is 13.9. The van der Waals surface area contributed by atoms with Crippen molar-refractivity contribution in [1.29, 1.82) is 0 Å². The molecule has 4 N–H and O–H groups in total. The van der Waals surface area contributed by atoms with Crippen molar-refractivity contribution >= 4 is 28.9 Å². The number of carbonyl (C=O) groups is 1. The molecule has 1 heterocycles. The minimum absolute atomic E-state index is 0.397. The lowest BCUT2D eigenvalue weighted by molar-refractivity contribution is 0.100. The van der Waals surface area contributed by atoms with Crippen LogP contribution in [0.4, 0.5) is 11.4 Å². The van der Waals surface area contributed by atoms with Crippen molar-refractivity contribution in [3.05, 3.63) is 58.1 Å². The molecule has 0 saturated carbocycles. The molecule has 0 saturated heterocycles. The Hall–Kier alpha value is -2.04. The van der Waals surface area contributed by atoms with Crippen LogP contribution in [0.5, 0.6) is 0 Å². The Balaban J connectivity index is 2.00. The third-order valence-electron chi connectivity index (χ3n) is 3.66. The molecule has 21 heavy (non-hydrogen) atoms. The summed E-state index contributed by atoms with van der Waals surface area (Å²) in [5.74, 6) is -0.494. The molecule has 5 heteroatoms. The average Bonchev–Trinajstić information content (AvgIpc) is 2.49. The van der Waals surface area contributed by atoms with Crippen molar-refractivity contribution in [3.8, 4) is 0 Å². The van der Waals surface area contributed by atoms with E-state index in [2.05, 4.69) is 16.7 Å². The largest absolute Gasteiger partial charge is 0.366 e. The summed E-state index contributed by atoms with van der Waals surface area (Å²) >= 11 is 5.94. The summed E-state index contributed by atoms with van der Waals surface area (Å²) in [6.45, 7) is 1.82. The van der Waals surface area contributed by atoms with Gasteiger partial charge in [0, 0.05) is 17.3 Å². The number of rotatable bonds is 3. The van der Waals surface area contributed by atoms with Gasteiger partial charge in [0.05, 0.1) is 11.3 Å². The summed E-state index contributed by atoms with van der Waals surface area (Å²) < 4.78 is 0. The van der Waals surface area contributed by atoms with Gasteiger partial charge < -0.3 is 16.4 Å². The van der Waals surface area contributed by atoms with E-state index in [1.807, 2.05) is 12.1 Å². The Morgan fingerprint density at radius 1 is 1.24 bits per heavy atom. The molecule has 0 spiro atoms. The van der Waals surface area contributed by atoms with Gasteiger partial charge in [0.2, 0.25) is 0 Å². The number of carbonyl (C=O) groups excluding carboxylic acids is 1. The fourth-order valence-corrected chi connectivity index (χ4v) is 2.80. The van der Waals surface area contributed by atoms with Crippen molar-refractivity contribution in [1.82, 2.24) is 5.32 Å². The predicted octanol–water partition coefficient (Wildman–Crippen LogP) is 2.83. The number of amides is 1. The molecular formula is C16H16ClN3O. The number of nitrogens with one attached hydrogen (secondary N) is 2. The van der Waals surface area contributed by atoms with E-state index in [1.54, 1.807) is 18.2 Å². The zero-order valence-corrected chi connectivity index (χ0v) is 12.2. The molecule has 108 valence electrons. The summed E-state index contributed by atoms with van der Waals surface area (Å²) in [7, 11) is 0. The summed E-state index contributed by atoms with van der Waals surface area (Å²) in [5, 5.41) is 7.17. The second-order valence-corrected chi connectivity index (χ2v) is 5.49. The molecule has 3 rings (SSSR count). The number of halogens is 1. The highest BCUT2D eigenvalue weighted by Crippen LogP contribution is 2.29. The highest BCUT2D eigenvalue weighted by molar-refractivity contribution is 6.31. The lowest BCUT2D eigenvalue weighted by Crippen LogP contribution is -2.24. The van der Waals surface area contributed by atoms with Crippen LogP contribution in [-0.4, -0.2) is 12.5 Å². The van der Waals surface area contributed by atoms with E-state index in [1.165, 1.54) is 11.1 Å². The minimum Gasteiger partial charge on any atom is -0.366 e. The van der Waals surface area contributed by atoms with Crippen LogP contribution < -0.4 is 16.4 Å². The first-order valence-electron chi connectivity index (χ1n) is 6.83. The molecule has 0 bridgehead atoms. The SMILES string of the molecule is NC(=O)c1cc(Cl)ccc1Nc1cccc2c1CCNC2. The summed E-state index contributed by atoms with van der Waals surface area (Å²) in [4.78, 5) is 11.6. The van der Waals surface area contributed by atoms with Gasteiger partial charge in [-0.25, -0.2) is 0 Å². The van der Waals surface area contributed by atoms with E-state index in [9.17, 15) is 4.79 Å². The van der Waals surface area contributed by atoms with Gasteiger partial charge in [-0.15, -0.1) is 0 Å². The molecule has 2 aromatic rings. The molecule has 1 aliphatic heterocycles. The maximum Gasteiger partial charge on any atom is 0.250 e. The van der Waals surface area contributed by atoms with E-state index >= 15 is 0 Å². The molecule has 1 aliphatic rings. The lowest BCUT2D eigenvalue weighted by Gasteiger charge is -2.21. The van der Waals surface area contributed by atoms with Gasteiger partial charge in [-0.2, -0.15) is 0 Å². The number of primary amides is 1. The normalized spacial score (nSPS) is 13.6. The van der Waals surface area contributed by atoms with Gasteiger partial charge in [0.25, 0.3) is 5.91 Å². The predicted molar refractivity (Wildman–Crippen MR) is 85.1 cm³/mol. The standard InChI is InChI=1S/C16H16ClN3O/c17-11-4-5-15(13(8-11)16(18)21)20-14-3-1-2-10-9-19-7-6-12(10)14/h1-5,8,19-20H,6-7,9H2,(H2,18,21). The summed E-state index contributed by atoms with van der Waals surface area (Å²) in [5.41, 5.74) is 10.1. The number of fused-ring (bicyclic) bond motifs is 1. The monoisotopic (exact) mass is 301 g/mol. The third kappa shape index (κ3) is 2.86. The van der Waals surface area contributed by atoms with Gasteiger partial charge in [0.15, 0.2) is 0 Å². The van der Waals surface area contributed by atoms with Crippen LogP contribution in [0.15, 0.2) is 36.4 Å². The van der Waals surface area contributed by atoms with Gasteiger partial charge in [-0.3, -0.25) is 4.79 Å². The fourth-order valence-electron chi connectivity index (χ4n) is 2.62. The van der Waals surface area contributed by atoms with Crippen LogP contribution in [0.25, 0.3) is 0 Å². The minimum atomic E-state index is -0.494. The van der Waals surface area contributed by atoms with Gasteiger partial charge in [-0.05, 0) is 48.4 Å². The van der Waals surface area contributed by atoms with E-state index in [0.717, 1.165) is 25.2 Å². The van der Waals surface area contributed by atoms with E-state index < -0.39 is 5.91 Å². The number of benzene rings is 2. The maximum atomic E-state index is 11.6. The van der Waals surface area contributed by atoms with Crippen molar-refractivity contribution < 1.29 is 4.79 Å². The van der Waals surface area contributed by atoms with E-state index in [-0.39, 0.29) is 0 Å². The Labute approximate surface area is 128 Å². The topological polar surface area (TPSA) is 67.2 Å². The second-order valence-electron chi connectivity index (χ2n) is 5.05. The quantitative estimate of drug-likeness (QED) is 0.816. The van der Waals surface area contributed by atoms with Crippen LogP contribution in [0, 0.1) is 0 Å². The smallest absolute Gasteiger partial charge is 0.250 e. The van der Waals surface area contributed by atoms with Crippen LogP contribution in [0.2, 0.25) is 5.02 Å². The number of hydrogen-bond donors (Lipinski definition) is 3. The summed E-state index contributed by atoms with van der Waals surface area (Å²) in [6.07, 6.45) is 0.956. The van der Waals surface area contributed by atoms with E-state index in [4.69, 9.17) is 17.3 Å². The number of anilines is 2. The lowest BCUT2D eigenvalue weighted by atomic mass is 9.98. The molecule has 0 radical (unpaired) electrons.